The molecule has 0 aliphatic carbocycles. The van der Waals surface area contributed by atoms with E-state index < -0.39 is 37.3 Å². The number of aliphatic hydroxyl groups excluding tert-OH is 4. The van der Waals surface area contributed by atoms with Crippen LogP contribution in [0, 0.1) is 0 Å². The van der Waals surface area contributed by atoms with Gasteiger partial charge in [0.1, 0.15) is 24.4 Å². The summed E-state index contributed by atoms with van der Waals surface area (Å²) in [6.07, 6.45) is -5.89. The van der Waals surface area contributed by atoms with Crippen LogP contribution in [-0.2, 0) is 9.47 Å². The highest BCUT2D eigenvalue weighted by Gasteiger charge is 2.43. The largest absolute Gasteiger partial charge is 0.394 e. The summed E-state index contributed by atoms with van der Waals surface area (Å²) >= 11 is 0. The number of ether oxygens (including phenoxy) is 2. The van der Waals surface area contributed by atoms with Crippen molar-refractivity contribution in [2.75, 3.05) is 13.2 Å². The van der Waals surface area contributed by atoms with E-state index in [2.05, 4.69) is 0 Å². The Morgan fingerprint density at radius 3 is 2.29 bits per heavy atom. The maximum atomic E-state index is 9.41. The van der Waals surface area contributed by atoms with Gasteiger partial charge in [0.25, 0.3) is 0 Å². The molecule has 0 saturated carbocycles. The van der Waals surface area contributed by atoms with Crippen LogP contribution in [-0.4, -0.2) is 64.3 Å². The molecule has 0 radical (unpaired) electrons. The minimum Gasteiger partial charge on any atom is -0.394 e. The van der Waals surface area contributed by atoms with Crippen LogP contribution in [0.2, 0.25) is 0 Å². The molecule has 5 atom stereocenters. The monoisotopic (exact) mass is 208 g/mol. The van der Waals surface area contributed by atoms with E-state index in [1.165, 1.54) is 0 Å². The summed E-state index contributed by atoms with van der Waals surface area (Å²) in [5, 5.41) is 36.9. The van der Waals surface area contributed by atoms with Gasteiger partial charge in [0.05, 0.1) is 6.61 Å². The fourth-order valence-electron chi connectivity index (χ4n) is 1.37. The zero-order valence-electron chi connectivity index (χ0n) is 7.91. The van der Waals surface area contributed by atoms with Crippen molar-refractivity contribution in [1.82, 2.24) is 0 Å². The molecular formula is C8H16O6. The van der Waals surface area contributed by atoms with Gasteiger partial charge in [-0.2, -0.15) is 0 Å². The molecule has 1 fully saturated rings. The van der Waals surface area contributed by atoms with Gasteiger partial charge in [-0.15, -0.1) is 0 Å². The average Bonchev–Trinajstić information content (AvgIpc) is 2.19. The SMILES string of the molecule is CCOC1O[C@H](CO)[C@H](O)[C@@H](O)[C@H]1O. The molecule has 1 rings (SSSR count). The number of hydrogen-bond donors (Lipinski definition) is 4. The molecule has 14 heavy (non-hydrogen) atoms. The molecule has 1 aliphatic heterocycles. The molecule has 0 spiro atoms. The van der Waals surface area contributed by atoms with Crippen LogP contribution < -0.4 is 0 Å². The quantitative estimate of drug-likeness (QED) is 0.421. The molecule has 1 unspecified atom stereocenters. The van der Waals surface area contributed by atoms with Gasteiger partial charge >= 0.3 is 0 Å². The Bertz CT molecular complexity index is 171. The highest BCUT2D eigenvalue weighted by atomic mass is 16.7. The van der Waals surface area contributed by atoms with Gasteiger partial charge in [0.2, 0.25) is 0 Å². The van der Waals surface area contributed by atoms with Gasteiger partial charge in [0, 0.05) is 6.61 Å². The van der Waals surface area contributed by atoms with Crippen molar-refractivity contribution in [2.24, 2.45) is 0 Å². The molecule has 1 saturated heterocycles. The van der Waals surface area contributed by atoms with Crippen molar-refractivity contribution >= 4 is 0 Å². The zero-order chi connectivity index (χ0) is 10.7. The topological polar surface area (TPSA) is 99.4 Å². The second kappa shape index (κ2) is 5.01. The molecule has 6 heteroatoms. The molecule has 1 aliphatic rings. The number of rotatable bonds is 3. The predicted molar refractivity (Wildman–Crippen MR) is 45.4 cm³/mol. The van der Waals surface area contributed by atoms with E-state index in [1.807, 2.05) is 0 Å². The van der Waals surface area contributed by atoms with Crippen LogP contribution in [0.15, 0.2) is 0 Å². The first kappa shape index (κ1) is 11.8. The van der Waals surface area contributed by atoms with Crippen molar-refractivity contribution < 1.29 is 29.9 Å². The van der Waals surface area contributed by atoms with Crippen molar-refractivity contribution in [3.8, 4) is 0 Å². The normalized spacial score (nSPS) is 43.9. The first-order valence-corrected chi connectivity index (χ1v) is 4.54. The van der Waals surface area contributed by atoms with Crippen LogP contribution in [0.5, 0.6) is 0 Å². The summed E-state index contributed by atoms with van der Waals surface area (Å²) < 4.78 is 10.0. The van der Waals surface area contributed by atoms with E-state index in [9.17, 15) is 15.3 Å². The van der Waals surface area contributed by atoms with Crippen molar-refractivity contribution in [2.45, 2.75) is 37.6 Å². The second-order valence-corrected chi connectivity index (χ2v) is 3.15. The lowest BCUT2D eigenvalue weighted by molar-refractivity contribution is -0.300. The lowest BCUT2D eigenvalue weighted by Gasteiger charge is -2.39. The second-order valence-electron chi connectivity index (χ2n) is 3.15. The summed E-state index contributed by atoms with van der Waals surface area (Å²) in [4.78, 5) is 0. The molecule has 0 bridgehead atoms. The highest BCUT2D eigenvalue weighted by molar-refractivity contribution is 4.88. The third-order valence-electron chi connectivity index (χ3n) is 2.18. The van der Waals surface area contributed by atoms with Gasteiger partial charge in [-0.1, -0.05) is 0 Å². The molecule has 0 amide bonds. The van der Waals surface area contributed by atoms with Gasteiger partial charge in [-0.05, 0) is 6.92 Å². The van der Waals surface area contributed by atoms with Gasteiger partial charge in [-0.25, -0.2) is 0 Å². The lowest BCUT2D eigenvalue weighted by Crippen LogP contribution is -2.59. The summed E-state index contributed by atoms with van der Waals surface area (Å²) in [6.45, 7) is 1.58. The first-order chi connectivity index (χ1) is 6.61. The Labute approximate surface area is 81.7 Å². The highest BCUT2D eigenvalue weighted by Crippen LogP contribution is 2.21. The van der Waals surface area contributed by atoms with Gasteiger partial charge < -0.3 is 29.9 Å². The maximum absolute atomic E-state index is 9.41. The van der Waals surface area contributed by atoms with Crippen molar-refractivity contribution in [3.63, 3.8) is 0 Å². The van der Waals surface area contributed by atoms with Crippen molar-refractivity contribution in [1.29, 1.82) is 0 Å². The minimum absolute atomic E-state index is 0.308. The van der Waals surface area contributed by atoms with Crippen molar-refractivity contribution in [3.05, 3.63) is 0 Å². The van der Waals surface area contributed by atoms with Gasteiger partial charge in [0.15, 0.2) is 6.29 Å². The van der Waals surface area contributed by atoms with E-state index in [1.54, 1.807) is 6.92 Å². The molecule has 4 N–H and O–H groups in total. The molecule has 0 aromatic rings. The average molecular weight is 208 g/mol. The molecule has 1 heterocycles. The van der Waals surface area contributed by atoms with E-state index in [0.717, 1.165) is 0 Å². The van der Waals surface area contributed by atoms with Gasteiger partial charge in [-0.3, -0.25) is 0 Å². The third kappa shape index (κ3) is 2.22. The summed E-state index contributed by atoms with van der Waals surface area (Å²) in [6, 6.07) is 0. The van der Waals surface area contributed by atoms with Crippen LogP contribution >= 0.6 is 0 Å². The van der Waals surface area contributed by atoms with E-state index in [4.69, 9.17) is 14.6 Å². The lowest BCUT2D eigenvalue weighted by atomic mass is 9.99. The Balaban J connectivity index is 2.63. The standard InChI is InChI=1S/C8H16O6/c1-2-13-8-7(12)6(11)5(10)4(3-9)14-8/h4-12H,2-3H2,1H3/t4-,5+,6-,7-,8?/m1/s1. The van der Waals surface area contributed by atoms with E-state index >= 15 is 0 Å². The Morgan fingerprint density at radius 1 is 1.14 bits per heavy atom. The van der Waals surface area contributed by atoms with Crippen LogP contribution in [0.3, 0.4) is 0 Å². The van der Waals surface area contributed by atoms with Crippen LogP contribution in [0.4, 0.5) is 0 Å². The minimum atomic E-state index is -1.36. The fourth-order valence-corrected chi connectivity index (χ4v) is 1.37. The fraction of sp³-hybridized carbons (Fsp3) is 1.00. The summed E-state index contributed by atoms with van der Waals surface area (Å²) in [5.41, 5.74) is 0. The predicted octanol–water partition coefficient (Wildman–Crippen LogP) is -2.18. The molecule has 0 aromatic heterocycles. The molecule has 84 valence electrons. The van der Waals surface area contributed by atoms with Crippen LogP contribution in [0.1, 0.15) is 6.92 Å². The Kier molecular flexibility index (Phi) is 4.24. The Hall–Kier alpha value is -0.240. The first-order valence-electron chi connectivity index (χ1n) is 4.54. The third-order valence-corrected chi connectivity index (χ3v) is 2.18. The smallest absolute Gasteiger partial charge is 0.186 e. The van der Waals surface area contributed by atoms with Crippen LogP contribution in [0.25, 0.3) is 0 Å². The number of aliphatic hydroxyl groups is 4. The zero-order valence-corrected chi connectivity index (χ0v) is 7.91. The molecule has 0 aromatic carbocycles. The Morgan fingerprint density at radius 2 is 1.79 bits per heavy atom. The maximum Gasteiger partial charge on any atom is 0.186 e. The summed E-state index contributed by atoms with van der Waals surface area (Å²) in [7, 11) is 0. The summed E-state index contributed by atoms with van der Waals surface area (Å²) in [5.74, 6) is 0. The van der Waals surface area contributed by atoms with E-state index in [0.29, 0.717) is 6.61 Å². The number of hydrogen-bond acceptors (Lipinski definition) is 6. The van der Waals surface area contributed by atoms with E-state index in [-0.39, 0.29) is 0 Å². The molecular weight excluding hydrogens is 192 g/mol. The molecule has 6 nitrogen and oxygen atoms in total.